The van der Waals surface area contributed by atoms with Gasteiger partial charge in [0.15, 0.2) is 11.4 Å². The maximum atomic E-state index is 12.8. The van der Waals surface area contributed by atoms with Gasteiger partial charge in [-0.1, -0.05) is 20.8 Å². The number of hydrogen-bond acceptors (Lipinski definition) is 7. The zero-order valence-corrected chi connectivity index (χ0v) is 16.9. The minimum Gasteiger partial charge on any atom is -0.484 e. The number of methoxy groups -OCH3 is 1. The molecule has 3 aliphatic rings. The first kappa shape index (κ1) is 20.3. The first-order valence-electron chi connectivity index (χ1n) is 9.58. The highest BCUT2D eigenvalue weighted by Gasteiger charge is 2.75. The van der Waals surface area contributed by atoms with Gasteiger partial charge in [0.25, 0.3) is 0 Å². The van der Waals surface area contributed by atoms with E-state index in [2.05, 4.69) is 0 Å². The molecule has 2 fully saturated rings. The topological polar surface area (TPSA) is 91.3 Å². The van der Waals surface area contributed by atoms with Gasteiger partial charge in [0.05, 0.1) is 12.7 Å². The Balaban J connectivity index is 1.99. The smallest absolute Gasteiger partial charge is 0.318 e. The highest BCUT2D eigenvalue weighted by atomic mass is 16.7. The third-order valence-electron chi connectivity index (χ3n) is 6.55. The molecule has 152 valence electrons. The number of carbonyl (C=O) groups excluding carboxylic acids is 2. The Morgan fingerprint density at radius 2 is 1.93 bits per heavy atom. The van der Waals surface area contributed by atoms with Gasteiger partial charge in [-0.05, 0) is 13.8 Å². The first-order chi connectivity index (χ1) is 12.6. The molecule has 7 heteroatoms. The number of allylic oxidation sites excluding steroid dienone is 1. The van der Waals surface area contributed by atoms with E-state index in [-0.39, 0.29) is 24.7 Å². The molecule has 0 aromatic heterocycles. The minimum atomic E-state index is -1.21. The molecule has 0 amide bonds. The summed E-state index contributed by atoms with van der Waals surface area (Å²) in [6, 6.07) is 0. The number of esters is 1. The zero-order chi connectivity index (χ0) is 20.2. The third kappa shape index (κ3) is 2.58. The van der Waals surface area contributed by atoms with Crippen molar-refractivity contribution in [2.45, 2.75) is 71.1 Å². The summed E-state index contributed by atoms with van der Waals surface area (Å²) < 4.78 is 23.6. The van der Waals surface area contributed by atoms with E-state index in [4.69, 9.17) is 18.9 Å². The molecule has 0 bridgehead atoms. The molecule has 2 saturated heterocycles. The number of fused-ring (bicyclic) bond motifs is 1. The number of ether oxygens (including phenoxy) is 4. The number of rotatable bonds is 6. The van der Waals surface area contributed by atoms with Crippen molar-refractivity contribution < 1.29 is 33.6 Å². The van der Waals surface area contributed by atoms with E-state index in [9.17, 15) is 14.7 Å². The predicted octanol–water partition coefficient (Wildman–Crippen LogP) is 1.97. The van der Waals surface area contributed by atoms with Crippen LogP contribution in [0.2, 0.25) is 0 Å². The molecule has 1 N–H and O–H groups in total. The summed E-state index contributed by atoms with van der Waals surface area (Å²) in [6.07, 6.45) is 1.15. The number of ketones is 1. The van der Waals surface area contributed by atoms with Crippen molar-refractivity contribution in [3.8, 4) is 0 Å². The average Bonchev–Trinajstić information content (AvgIpc) is 3.15. The number of cyclic esters (lactones) is 1. The van der Waals surface area contributed by atoms with Crippen molar-refractivity contribution in [1.82, 2.24) is 0 Å². The fraction of sp³-hybridized carbons (Fsp3) is 0.800. The van der Waals surface area contributed by atoms with Crippen molar-refractivity contribution in [2.75, 3.05) is 13.7 Å². The fourth-order valence-electron chi connectivity index (χ4n) is 5.17. The highest BCUT2D eigenvalue weighted by molar-refractivity contribution is 5.99. The highest BCUT2D eigenvalue weighted by Crippen LogP contribution is 2.61. The Kier molecular flexibility index (Phi) is 4.94. The Morgan fingerprint density at radius 3 is 2.41 bits per heavy atom. The summed E-state index contributed by atoms with van der Waals surface area (Å²) >= 11 is 0. The number of aliphatic hydroxyl groups excluding tert-OH is 1. The Hall–Kier alpha value is -1.44. The molecule has 0 radical (unpaired) electrons. The van der Waals surface area contributed by atoms with E-state index in [1.54, 1.807) is 13.8 Å². The lowest BCUT2D eigenvalue weighted by molar-refractivity contribution is -0.279. The van der Waals surface area contributed by atoms with Gasteiger partial charge in [0.2, 0.25) is 5.78 Å². The number of aliphatic hydroxyl groups is 1. The van der Waals surface area contributed by atoms with Crippen LogP contribution in [-0.4, -0.2) is 54.2 Å². The number of carbonyl (C=O) groups is 2. The van der Waals surface area contributed by atoms with Gasteiger partial charge in [-0.25, -0.2) is 0 Å². The lowest BCUT2D eigenvalue weighted by atomic mass is 9.66. The summed E-state index contributed by atoms with van der Waals surface area (Å²) in [6.45, 7) is 8.96. The summed E-state index contributed by atoms with van der Waals surface area (Å²) in [4.78, 5) is 25.4. The molecule has 0 aromatic carbocycles. The second-order valence-electron chi connectivity index (χ2n) is 8.40. The van der Waals surface area contributed by atoms with E-state index in [1.165, 1.54) is 13.2 Å². The van der Waals surface area contributed by atoms with Crippen LogP contribution in [0.25, 0.3) is 0 Å². The van der Waals surface area contributed by atoms with Crippen LogP contribution in [0.5, 0.6) is 0 Å². The monoisotopic (exact) mass is 382 g/mol. The molecule has 6 atom stereocenters. The van der Waals surface area contributed by atoms with Crippen molar-refractivity contribution >= 4 is 11.8 Å². The maximum absolute atomic E-state index is 12.8. The van der Waals surface area contributed by atoms with Gasteiger partial charge in [0, 0.05) is 37.9 Å². The second kappa shape index (κ2) is 6.57. The molecule has 3 heterocycles. The predicted molar refractivity (Wildman–Crippen MR) is 95.5 cm³/mol. The molecular formula is C20H30O7. The van der Waals surface area contributed by atoms with Crippen LogP contribution in [-0.2, 0) is 28.5 Å². The second-order valence-corrected chi connectivity index (χ2v) is 8.40. The van der Waals surface area contributed by atoms with Crippen LogP contribution >= 0.6 is 0 Å². The Bertz CT molecular complexity index is 671. The molecule has 7 nitrogen and oxygen atoms in total. The zero-order valence-electron chi connectivity index (χ0n) is 16.9. The normalized spacial score (nSPS) is 43.7. The van der Waals surface area contributed by atoms with Crippen molar-refractivity contribution in [3.05, 3.63) is 11.8 Å². The Morgan fingerprint density at radius 1 is 1.26 bits per heavy atom. The first-order valence-corrected chi connectivity index (χ1v) is 9.58. The van der Waals surface area contributed by atoms with Gasteiger partial charge < -0.3 is 24.1 Å². The lowest BCUT2D eigenvalue weighted by Crippen LogP contribution is -2.54. The van der Waals surface area contributed by atoms with E-state index in [1.807, 2.05) is 20.8 Å². The lowest BCUT2D eigenvalue weighted by Gasteiger charge is -2.41. The molecule has 0 spiro atoms. The van der Waals surface area contributed by atoms with Gasteiger partial charge in [-0.2, -0.15) is 0 Å². The minimum absolute atomic E-state index is 0.116. The van der Waals surface area contributed by atoms with Crippen molar-refractivity contribution in [2.24, 2.45) is 17.3 Å². The Labute approximate surface area is 160 Å². The summed E-state index contributed by atoms with van der Waals surface area (Å²) in [5, 5.41) is 9.82. The molecular weight excluding hydrogens is 352 g/mol. The van der Waals surface area contributed by atoms with Crippen LogP contribution in [0, 0.1) is 17.3 Å². The molecule has 0 aliphatic carbocycles. The molecule has 0 unspecified atom stereocenters. The molecule has 3 rings (SSSR count). The average molecular weight is 382 g/mol. The van der Waals surface area contributed by atoms with Crippen molar-refractivity contribution in [1.29, 1.82) is 0 Å². The van der Waals surface area contributed by atoms with E-state index in [0.717, 1.165) is 0 Å². The van der Waals surface area contributed by atoms with E-state index < -0.39 is 40.9 Å². The molecule has 0 saturated carbocycles. The van der Waals surface area contributed by atoms with Crippen LogP contribution in [0.1, 0.15) is 47.5 Å². The van der Waals surface area contributed by atoms with E-state index >= 15 is 0 Å². The molecule has 0 aromatic rings. The quantitative estimate of drug-likeness (QED) is 0.702. The largest absolute Gasteiger partial charge is 0.484 e. The van der Waals surface area contributed by atoms with Gasteiger partial charge >= 0.3 is 5.97 Å². The molecule has 27 heavy (non-hydrogen) atoms. The van der Waals surface area contributed by atoms with Crippen LogP contribution in [0.4, 0.5) is 0 Å². The third-order valence-corrected chi connectivity index (χ3v) is 6.55. The van der Waals surface area contributed by atoms with Crippen LogP contribution < -0.4 is 0 Å². The van der Waals surface area contributed by atoms with Gasteiger partial charge in [0.1, 0.15) is 17.3 Å². The summed E-state index contributed by atoms with van der Waals surface area (Å²) in [7, 11) is 1.51. The van der Waals surface area contributed by atoms with E-state index in [0.29, 0.717) is 12.2 Å². The summed E-state index contributed by atoms with van der Waals surface area (Å²) in [5.41, 5.74) is -2.16. The molecule has 3 aliphatic heterocycles. The fourth-order valence-corrected chi connectivity index (χ4v) is 5.17. The van der Waals surface area contributed by atoms with Gasteiger partial charge in [-0.3, -0.25) is 9.59 Å². The number of hydrogen-bond donors (Lipinski definition) is 1. The SMILES string of the molecule is CCC1=CC(=O)[C@@](C)(C[C@@H]2O[C@](OC)(C(C)C)[C@@]3(C)C(=O)O[C@H](CO)[C@@H]23)O1. The van der Waals surface area contributed by atoms with Crippen molar-refractivity contribution in [3.63, 3.8) is 0 Å². The van der Waals surface area contributed by atoms with Crippen LogP contribution in [0.15, 0.2) is 11.8 Å². The summed E-state index contributed by atoms with van der Waals surface area (Å²) in [5.74, 6) is -1.72. The van der Waals surface area contributed by atoms with Gasteiger partial charge in [-0.15, -0.1) is 0 Å². The standard InChI is InChI=1S/C20H30O7/c1-7-12-8-15(22)18(4,26-12)9-13-16-14(10-21)25-17(23)19(16,5)20(24-6,27-13)11(2)3/h8,11,13-14,16,21H,7,9-10H2,1-6H3/t13-,14+,16+,18+,19+,20+/m0/s1. The van der Waals surface area contributed by atoms with Crippen LogP contribution in [0.3, 0.4) is 0 Å². The maximum Gasteiger partial charge on any atom is 0.318 e.